The summed E-state index contributed by atoms with van der Waals surface area (Å²) in [5.74, 6) is -6.68. The summed E-state index contributed by atoms with van der Waals surface area (Å²) in [7, 11) is 0. The van der Waals surface area contributed by atoms with Gasteiger partial charge in [0.15, 0.2) is 41.9 Å². The van der Waals surface area contributed by atoms with Crippen molar-refractivity contribution in [2.75, 3.05) is 6.61 Å². The number of carbonyl (C=O) groups excluding carboxylic acids is 7. The normalized spacial score (nSPS) is 33.3. The zero-order chi connectivity index (χ0) is 46.9. The van der Waals surface area contributed by atoms with Crippen LogP contribution in [0.4, 0.5) is 9.59 Å². The van der Waals surface area contributed by atoms with Crippen LogP contribution in [0, 0.1) is 16.7 Å². The summed E-state index contributed by atoms with van der Waals surface area (Å²) in [6.45, 7) is 12.6. The van der Waals surface area contributed by atoms with E-state index in [0.29, 0.717) is 0 Å². The molecule has 7 rings (SSSR count). The molecule has 1 spiro atoms. The summed E-state index contributed by atoms with van der Waals surface area (Å²) < 4.78 is 48.3. The molecule has 12 atom stereocenters. The van der Waals surface area contributed by atoms with Crippen molar-refractivity contribution in [3.05, 3.63) is 82.9 Å². The number of rotatable bonds is 9. The van der Waals surface area contributed by atoms with Gasteiger partial charge in [0.2, 0.25) is 5.60 Å². The van der Waals surface area contributed by atoms with Crippen LogP contribution in [0.1, 0.15) is 90.7 Å². The lowest BCUT2D eigenvalue weighted by Crippen LogP contribution is -2.83. The molecule has 64 heavy (non-hydrogen) atoms. The van der Waals surface area contributed by atoms with Crippen LogP contribution in [0.25, 0.3) is 0 Å². The molecule has 4 fully saturated rings. The Balaban J connectivity index is 1.46. The molecular formula is C46H53NO17. The second-order valence-electron chi connectivity index (χ2n) is 18.6. The molecule has 3 N–H and O–H groups in total. The number of hydrogen-bond donors (Lipinski definition) is 3. The van der Waals surface area contributed by atoms with Crippen LogP contribution in [0.5, 0.6) is 0 Å². The zero-order valence-corrected chi connectivity index (χ0v) is 36.9. The van der Waals surface area contributed by atoms with Gasteiger partial charge in [-0.15, -0.1) is 0 Å². The second-order valence-corrected chi connectivity index (χ2v) is 18.6. The number of amides is 1. The first-order valence-corrected chi connectivity index (χ1v) is 20.9. The Labute approximate surface area is 368 Å². The Bertz CT molecular complexity index is 2270. The van der Waals surface area contributed by atoms with Gasteiger partial charge in [-0.1, -0.05) is 62.4 Å². The number of Topliss-reactive ketones (excluding diaryl/α,β-unsaturated/α-hetero) is 1. The molecule has 344 valence electrons. The van der Waals surface area contributed by atoms with Crippen LogP contribution in [-0.2, 0) is 57.1 Å². The molecule has 1 amide bonds. The molecule has 2 aliphatic heterocycles. The molecule has 0 aromatic heterocycles. The molecule has 5 aliphatic rings. The van der Waals surface area contributed by atoms with Gasteiger partial charge in [0.05, 0.1) is 35.6 Å². The number of hydrogen-bond acceptors (Lipinski definition) is 17. The van der Waals surface area contributed by atoms with Crippen LogP contribution in [-0.4, -0.2) is 118 Å². The van der Waals surface area contributed by atoms with Gasteiger partial charge in [0.25, 0.3) is 0 Å². The van der Waals surface area contributed by atoms with Crippen molar-refractivity contribution in [2.24, 2.45) is 16.7 Å². The van der Waals surface area contributed by atoms with Gasteiger partial charge in [-0.25, -0.2) is 19.2 Å². The number of nitrogens with one attached hydrogen (secondary N) is 1. The summed E-state index contributed by atoms with van der Waals surface area (Å²) in [6.07, 6.45) is -14.9. The van der Waals surface area contributed by atoms with E-state index in [1.807, 2.05) is 0 Å². The van der Waals surface area contributed by atoms with Crippen LogP contribution in [0.2, 0.25) is 0 Å². The number of aliphatic hydroxyl groups excluding tert-OH is 2. The summed E-state index contributed by atoms with van der Waals surface area (Å²) in [5, 5.41) is 26.5. The smallest absolute Gasteiger partial charge is 0.454 e. The number of fused-ring (bicyclic) bond motifs is 4. The number of aliphatic hydroxyl groups is 2. The molecule has 2 saturated carbocycles. The van der Waals surface area contributed by atoms with E-state index in [-0.39, 0.29) is 35.3 Å². The third kappa shape index (κ3) is 7.38. The number of carbonyl (C=O) groups is 7. The van der Waals surface area contributed by atoms with Crippen molar-refractivity contribution in [2.45, 2.75) is 134 Å². The fourth-order valence-electron chi connectivity index (χ4n) is 10.5. The van der Waals surface area contributed by atoms with Crippen molar-refractivity contribution >= 4 is 41.9 Å². The molecule has 3 aliphatic carbocycles. The van der Waals surface area contributed by atoms with Crippen molar-refractivity contribution < 1.29 is 81.7 Å². The lowest BCUT2D eigenvalue weighted by atomic mass is 9.44. The highest BCUT2D eigenvalue weighted by atomic mass is 16.8. The maximum absolute atomic E-state index is 15.6. The number of esters is 4. The number of alkyl carbamates (subject to hydrolysis) is 1. The summed E-state index contributed by atoms with van der Waals surface area (Å²) in [6, 6.07) is 14.2. The van der Waals surface area contributed by atoms with Gasteiger partial charge < -0.3 is 53.4 Å². The first-order valence-electron chi connectivity index (χ1n) is 20.9. The van der Waals surface area contributed by atoms with Crippen LogP contribution in [0.15, 0.2) is 71.8 Å². The predicted octanol–water partition coefficient (Wildman–Crippen LogP) is 3.98. The Morgan fingerprint density at radius 3 is 2.08 bits per heavy atom. The van der Waals surface area contributed by atoms with E-state index in [1.54, 1.807) is 69.3 Å². The quantitative estimate of drug-likeness (QED) is 0.183. The minimum atomic E-state index is -2.39. The fourth-order valence-corrected chi connectivity index (χ4v) is 10.5. The minimum Gasteiger partial charge on any atom is -0.454 e. The van der Waals surface area contributed by atoms with Crippen LogP contribution >= 0.6 is 0 Å². The molecule has 2 saturated heterocycles. The average molecular weight is 892 g/mol. The Morgan fingerprint density at radius 2 is 1.52 bits per heavy atom. The SMILES string of the molecule is CC(=O)O[C@H]1C(=O)[C@@]2(C)[C@H]([C@H](OC(=O)c3ccccc3)[C@]34OC(=O)O[C@H]3[C@H](OC(=O)[C@H](O)[C@@H](NC(=O)OC(C)(C)C)c3ccccc3)C(C)=C1C4(C)C)[C@]1(OC(C)=O)CO[C@@H]1C[C@@H]2O. The van der Waals surface area contributed by atoms with E-state index in [4.69, 9.17) is 37.9 Å². The summed E-state index contributed by atoms with van der Waals surface area (Å²) >= 11 is 0. The lowest BCUT2D eigenvalue weighted by molar-refractivity contribution is -0.345. The standard InChI is InChI=1S/C46H53NO17/c1-22-29-33(58-23(2)48)35(52)44(9)27(50)20-28-45(21-57-28,62-24(3)49)34(44)37(60-38(53)26-18-14-11-15-19-26)46(43(29,7)8)36(61-41(56)64-46)32(22)59-39(54)31(51)30(25-16-12-10-13-17-25)47-40(55)63-42(4,5)6/h10-19,27-28,30-34,36-37,50-51H,20-21H2,1-9H3,(H,47,55)/t27-,28+,30-,31+,32+,33+,34-,36-,37-,44+,45-,46+/m0/s1. The average Bonchev–Trinajstić information content (AvgIpc) is 3.58. The molecule has 2 heterocycles. The summed E-state index contributed by atoms with van der Waals surface area (Å²) in [5.41, 5.74) is -8.89. The Kier molecular flexibility index (Phi) is 11.8. The molecule has 0 unspecified atom stereocenters. The second kappa shape index (κ2) is 16.3. The van der Waals surface area contributed by atoms with Crippen molar-refractivity contribution in [1.29, 1.82) is 0 Å². The van der Waals surface area contributed by atoms with Crippen LogP contribution in [0.3, 0.4) is 0 Å². The van der Waals surface area contributed by atoms with E-state index in [9.17, 15) is 39.0 Å². The third-order valence-corrected chi connectivity index (χ3v) is 13.3. The van der Waals surface area contributed by atoms with E-state index in [1.165, 1.54) is 39.8 Å². The molecule has 2 bridgehead atoms. The van der Waals surface area contributed by atoms with Gasteiger partial charge in [0, 0.05) is 25.7 Å². The molecule has 18 heteroatoms. The first-order chi connectivity index (χ1) is 29.9. The topological polar surface area (TPSA) is 246 Å². The molecule has 18 nitrogen and oxygen atoms in total. The highest BCUT2D eigenvalue weighted by molar-refractivity contribution is 5.96. The maximum atomic E-state index is 15.6. The van der Waals surface area contributed by atoms with Gasteiger partial charge in [-0.3, -0.25) is 14.4 Å². The van der Waals surface area contributed by atoms with Crippen molar-refractivity contribution in [3.63, 3.8) is 0 Å². The summed E-state index contributed by atoms with van der Waals surface area (Å²) in [4.78, 5) is 97.9. The number of ketones is 1. The lowest BCUT2D eigenvalue weighted by Gasteiger charge is -2.67. The van der Waals surface area contributed by atoms with Gasteiger partial charge in [-0.05, 0) is 63.5 Å². The maximum Gasteiger partial charge on any atom is 0.509 e. The number of ether oxygens (including phenoxy) is 8. The largest absolute Gasteiger partial charge is 0.509 e. The van der Waals surface area contributed by atoms with Crippen molar-refractivity contribution in [1.82, 2.24) is 5.32 Å². The Morgan fingerprint density at radius 1 is 0.891 bits per heavy atom. The fraction of sp³-hybridized carbons (Fsp3) is 0.543. The predicted molar refractivity (Wildman–Crippen MR) is 218 cm³/mol. The van der Waals surface area contributed by atoms with E-state index in [0.717, 1.165) is 13.8 Å². The van der Waals surface area contributed by atoms with E-state index in [2.05, 4.69) is 5.32 Å². The van der Waals surface area contributed by atoms with Gasteiger partial charge in [-0.2, -0.15) is 0 Å². The monoisotopic (exact) mass is 891 g/mol. The molecular weight excluding hydrogens is 838 g/mol. The molecule has 2 aromatic carbocycles. The Hall–Kier alpha value is -5.85. The van der Waals surface area contributed by atoms with E-state index < -0.39 is 124 Å². The zero-order valence-electron chi connectivity index (χ0n) is 36.9. The van der Waals surface area contributed by atoms with Gasteiger partial charge >= 0.3 is 36.1 Å². The van der Waals surface area contributed by atoms with Gasteiger partial charge in [0.1, 0.15) is 11.7 Å². The molecule has 2 aromatic rings. The first kappa shape index (κ1) is 46.2. The van der Waals surface area contributed by atoms with E-state index >= 15 is 4.79 Å². The highest BCUT2D eigenvalue weighted by Crippen LogP contribution is 2.67. The number of benzene rings is 2. The van der Waals surface area contributed by atoms with Crippen molar-refractivity contribution in [3.8, 4) is 0 Å². The molecule has 0 radical (unpaired) electrons. The highest BCUT2D eigenvalue weighted by Gasteiger charge is 2.83. The van der Waals surface area contributed by atoms with Crippen LogP contribution < -0.4 is 5.32 Å². The third-order valence-electron chi connectivity index (χ3n) is 13.3. The minimum absolute atomic E-state index is 0.0143.